The normalized spacial score (nSPS) is 10.9. The van der Waals surface area contributed by atoms with Gasteiger partial charge in [-0.3, -0.25) is 14.6 Å². The predicted molar refractivity (Wildman–Crippen MR) is 108 cm³/mol. The number of nitrogens with one attached hydrogen (secondary N) is 2. The average Bonchev–Trinajstić information content (AvgIpc) is 3.29. The first kappa shape index (κ1) is 19.3. The smallest absolute Gasteiger partial charge is 0.252 e. The average molecular weight is 406 g/mol. The standard InChI is InChI=1S/C18H20ClN5O2S/c1-2-5-12-10-17(26)22-18(20-12)24-15(21-16(25)7-3-8-19)11-13(23-24)14-6-4-9-27-14/h4,6,9-11H,2-3,5,7-8H2,1H3,(H,21,25)(H,20,22,26). The lowest BCUT2D eigenvalue weighted by Gasteiger charge is -2.08. The van der Waals surface area contributed by atoms with Crippen LogP contribution in [-0.4, -0.2) is 31.5 Å². The largest absolute Gasteiger partial charge is 0.310 e. The van der Waals surface area contributed by atoms with Crippen molar-refractivity contribution in [2.45, 2.75) is 32.6 Å². The Kier molecular flexibility index (Phi) is 6.41. The van der Waals surface area contributed by atoms with Gasteiger partial charge in [0.1, 0.15) is 11.5 Å². The second-order valence-corrected chi connectivity index (χ2v) is 7.28. The molecule has 27 heavy (non-hydrogen) atoms. The quantitative estimate of drug-likeness (QED) is 0.560. The summed E-state index contributed by atoms with van der Waals surface area (Å²) in [5.74, 6) is 0.985. The topological polar surface area (TPSA) is 92.7 Å². The second kappa shape index (κ2) is 8.96. The van der Waals surface area contributed by atoms with Crippen molar-refractivity contribution >= 4 is 34.7 Å². The summed E-state index contributed by atoms with van der Waals surface area (Å²) in [6.45, 7) is 2.02. The van der Waals surface area contributed by atoms with Crippen LogP contribution in [0.25, 0.3) is 16.5 Å². The number of aromatic nitrogens is 4. The van der Waals surface area contributed by atoms with Crippen molar-refractivity contribution < 1.29 is 4.79 Å². The van der Waals surface area contributed by atoms with E-state index < -0.39 is 0 Å². The van der Waals surface area contributed by atoms with Gasteiger partial charge < -0.3 is 5.32 Å². The number of nitrogens with zero attached hydrogens (tertiary/aromatic N) is 3. The third-order valence-electron chi connectivity index (χ3n) is 3.78. The minimum atomic E-state index is -0.254. The van der Waals surface area contributed by atoms with Crippen molar-refractivity contribution in [2.75, 3.05) is 11.2 Å². The van der Waals surface area contributed by atoms with Gasteiger partial charge in [-0.15, -0.1) is 22.9 Å². The SMILES string of the molecule is CCCc1cc(=O)[nH]c(-n2nc(-c3cccs3)cc2NC(=O)CCCCl)n1. The van der Waals surface area contributed by atoms with E-state index in [-0.39, 0.29) is 17.4 Å². The van der Waals surface area contributed by atoms with Crippen molar-refractivity contribution in [3.05, 3.63) is 45.7 Å². The van der Waals surface area contributed by atoms with Crippen LogP contribution in [0, 0.1) is 0 Å². The summed E-state index contributed by atoms with van der Waals surface area (Å²) < 4.78 is 1.47. The Bertz CT molecular complexity index is 965. The number of anilines is 1. The maximum Gasteiger partial charge on any atom is 0.252 e. The van der Waals surface area contributed by atoms with E-state index in [1.165, 1.54) is 10.7 Å². The molecule has 3 aromatic rings. The maximum absolute atomic E-state index is 12.2. The first-order valence-corrected chi connectivity index (χ1v) is 10.1. The van der Waals surface area contributed by atoms with Crippen molar-refractivity contribution in [2.24, 2.45) is 0 Å². The first-order chi connectivity index (χ1) is 13.1. The molecule has 3 rings (SSSR count). The van der Waals surface area contributed by atoms with Crippen LogP contribution < -0.4 is 10.9 Å². The fourth-order valence-corrected chi connectivity index (χ4v) is 3.40. The lowest BCUT2D eigenvalue weighted by Crippen LogP contribution is -2.19. The molecular formula is C18H20ClN5O2S. The Hall–Kier alpha value is -2.45. The third kappa shape index (κ3) is 4.84. The third-order valence-corrected chi connectivity index (χ3v) is 4.94. The zero-order valence-corrected chi connectivity index (χ0v) is 16.4. The van der Waals surface area contributed by atoms with Crippen LogP contribution in [-0.2, 0) is 11.2 Å². The molecular weight excluding hydrogens is 386 g/mol. The van der Waals surface area contributed by atoms with E-state index in [4.69, 9.17) is 11.6 Å². The molecule has 3 aromatic heterocycles. The number of hydrogen-bond acceptors (Lipinski definition) is 5. The molecule has 0 atom stereocenters. The van der Waals surface area contributed by atoms with Crippen molar-refractivity contribution in [1.82, 2.24) is 19.7 Å². The molecule has 9 heteroatoms. The number of rotatable bonds is 8. The molecule has 0 fully saturated rings. The van der Waals surface area contributed by atoms with Crippen LogP contribution in [0.3, 0.4) is 0 Å². The minimum Gasteiger partial charge on any atom is -0.310 e. The summed E-state index contributed by atoms with van der Waals surface area (Å²) in [6, 6.07) is 7.13. The van der Waals surface area contributed by atoms with Gasteiger partial charge >= 0.3 is 0 Å². The molecule has 0 aliphatic carbocycles. The molecule has 0 saturated heterocycles. The molecule has 0 aromatic carbocycles. The molecule has 0 aliphatic heterocycles. The lowest BCUT2D eigenvalue weighted by molar-refractivity contribution is -0.116. The number of aromatic amines is 1. The molecule has 0 bridgehead atoms. The number of carbonyl (C=O) groups excluding carboxylic acids is 1. The Morgan fingerprint density at radius 1 is 1.41 bits per heavy atom. The molecule has 3 heterocycles. The second-order valence-electron chi connectivity index (χ2n) is 5.95. The number of amides is 1. The number of alkyl halides is 1. The van der Waals surface area contributed by atoms with E-state index in [0.717, 1.165) is 11.3 Å². The Labute approximate surface area is 165 Å². The van der Waals surface area contributed by atoms with E-state index in [0.29, 0.717) is 42.3 Å². The van der Waals surface area contributed by atoms with Crippen LogP contribution in [0.4, 0.5) is 5.82 Å². The van der Waals surface area contributed by atoms with Crippen molar-refractivity contribution in [3.63, 3.8) is 0 Å². The number of aryl methyl sites for hydroxylation is 1. The van der Waals surface area contributed by atoms with Crippen LogP contribution in [0.15, 0.2) is 34.4 Å². The fourth-order valence-electron chi connectivity index (χ4n) is 2.59. The van der Waals surface area contributed by atoms with Gasteiger partial charge in [0.25, 0.3) is 5.56 Å². The maximum atomic E-state index is 12.2. The fraction of sp³-hybridized carbons (Fsp3) is 0.333. The summed E-state index contributed by atoms with van der Waals surface area (Å²) in [7, 11) is 0. The van der Waals surface area contributed by atoms with Gasteiger partial charge in [0.05, 0.1) is 4.88 Å². The molecule has 0 radical (unpaired) electrons. The highest BCUT2D eigenvalue weighted by Gasteiger charge is 2.16. The van der Waals surface area contributed by atoms with Gasteiger partial charge in [0.15, 0.2) is 0 Å². The molecule has 2 N–H and O–H groups in total. The monoisotopic (exact) mass is 405 g/mol. The minimum absolute atomic E-state index is 0.165. The summed E-state index contributed by atoms with van der Waals surface area (Å²) in [5, 5.41) is 9.35. The summed E-state index contributed by atoms with van der Waals surface area (Å²) >= 11 is 7.21. The van der Waals surface area contributed by atoms with Crippen LogP contribution in [0.1, 0.15) is 31.9 Å². The van der Waals surface area contributed by atoms with Crippen molar-refractivity contribution in [3.8, 4) is 16.5 Å². The van der Waals surface area contributed by atoms with Gasteiger partial charge in [0.2, 0.25) is 11.9 Å². The summed E-state index contributed by atoms with van der Waals surface area (Å²) in [4.78, 5) is 32.4. The van der Waals surface area contributed by atoms with Crippen LogP contribution in [0.5, 0.6) is 0 Å². The zero-order valence-electron chi connectivity index (χ0n) is 14.9. The van der Waals surface area contributed by atoms with Gasteiger partial charge in [0, 0.05) is 30.1 Å². The van der Waals surface area contributed by atoms with Crippen LogP contribution in [0.2, 0.25) is 0 Å². The first-order valence-electron chi connectivity index (χ1n) is 8.71. The predicted octanol–water partition coefficient (Wildman–Crippen LogP) is 3.59. The highest BCUT2D eigenvalue weighted by atomic mass is 35.5. The van der Waals surface area contributed by atoms with Gasteiger partial charge in [-0.25, -0.2) is 4.98 Å². The molecule has 0 saturated carbocycles. The van der Waals surface area contributed by atoms with E-state index in [9.17, 15) is 9.59 Å². The Morgan fingerprint density at radius 3 is 2.96 bits per heavy atom. The van der Waals surface area contributed by atoms with E-state index in [2.05, 4.69) is 20.4 Å². The van der Waals surface area contributed by atoms with Crippen molar-refractivity contribution in [1.29, 1.82) is 0 Å². The highest BCUT2D eigenvalue weighted by molar-refractivity contribution is 7.13. The molecule has 142 valence electrons. The molecule has 0 spiro atoms. The lowest BCUT2D eigenvalue weighted by atomic mass is 10.2. The molecule has 1 amide bonds. The highest BCUT2D eigenvalue weighted by Crippen LogP contribution is 2.27. The van der Waals surface area contributed by atoms with E-state index in [1.54, 1.807) is 17.4 Å². The number of H-pyrrole nitrogens is 1. The Balaban J connectivity index is 2.02. The number of halogens is 1. The Morgan fingerprint density at radius 2 is 2.26 bits per heavy atom. The molecule has 0 aliphatic rings. The number of hydrogen-bond donors (Lipinski definition) is 2. The summed E-state index contributed by atoms with van der Waals surface area (Å²) in [6.07, 6.45) is 2.45. The molecule has 0 unspecified atom stereocenters. The number of thiophene rings is 1. The van der Waals surface area contributed by atoms with Gasteiger partial charge in [-0.1, -0.05) is 19.4 Å². The van der Waals surface area contributed by atoms with Gasteiger partial charge in [-0.05, 0) is 24.3 Å². The van der Waals surface area contributed by atoms with E-state index >= 15 is 0 Å². The van der Waals surface area contributed by atoms with E-state index in [1.807, 2.05) is 24.4 Å². The van der Waals surface area contributed by atoms with Crippen LogP contribution >= 0.6 is 22.9 Å². The van der Waals surface area contributed by atoms with Gasteiger partial charge in [-0.2, -0.15) is 9.78 Å². The number of carbonyl (C=O) groups is 1. The zero-order chi connectivity index (χ0) is 19.2. The molecule has 7 nitrogen and oxygen atoms in total. The summed E-state index contributed by atoms with van der Waals surface area (Å²) in [5.41, 5.74) is 1.13.